The zero-order chi connectivity index (χ0) is 11.1. The molecule has 0 aliphatic carbocycles. The van der Waals surface area contributed by atoms with Gasteiger partial charge in [-0.1, -0.05) is 0 Å². The first-order valence-electron chi connectivity index (χ1n) is 2.10. The van der Waals surface area contributed by atoms with E-state index in [4.69, 9.17) is 13.7 Å². The summed E-state index contributed by atoms with van der Waals surface area (Å²) in [6.45, 7) is 0. The molecule has 0 aromatic heterocycles. The van der Waals surface area contributed by atoms with Gasteiger partial charge in [-0.2, -0.15) is 25.3 Å². The molecule has 0 bridgehead atoms. The summed E-state index contributed by atoms with van der Waals surface area (Å²) < 4.78 is 82.2. The van der Waals surface area contributed by atoms with Crippen molar-refractivity contribution in [3.63, 3.8) is 0 Å². The van der Waals surface area contributed by atoms with Crippen LogP contribution in [0.25, 0.3) is 0 Å². The third kappa shape index (κ3) is 4.24. The van der Waals surface area contributed by atoms with Gasteiger partial charge in [0.05, 0.1) is 3.12 Å². The van der Waals surface area contributed by atoms with E-state index in [-0.39, 0.29) is 6.15 Å². The summed E-state index contributed by atoms with van der Waals surface area (Å²) in [7, 11) is -17.5. The molecule has 11 nitrogen and oxygen atoms in total. The Labute approximate surface area is 79.6 Å². The lowest BCUT2D eigenvalue weighted by molar-refractivity contribution is 0.398. The molecule has 0 unspecified atom stereocenters. The molecule has 0 aliphatic heterocycles. The van der Waals surface area contributed by atoms with Crippen LogP contribution in [0.2, 0.25) is 0 Å². The molecule has 0 atom stereocenters. The Morgan fingerprint density at radius 1 is 0.643 bits per heavy atom. The van der Waals surface area contributed by atoms with Crippen LogP contribution in [0.1, 0.15) is 0 Å². The lowest BCUT2D eigenvalue weighted by Crippen LogP contribution is -2.40. The SMILES string of the molecule is N.O=S(=O)(O)N(S(=O)(=O)O)S(=O)(=O)O. The molecule has 0 fully saturated rings. The van der Waals surface area contributed by atoms with Gasteiger partial charge < -0.3 is 6.15 Å². The van der Waals surface area contributed by atoms with Crippen molar-refractivity contribution >= 4 is 30.9 Å². The minimum Gasteiger partial charge on any atom is -0.344 e. The maximum atomic E-state index is 10.0. The van der Waals surface area contributed by atoms with Gasteiger partial charge in [0, 0.05) is 0 Å². The van der Waals surface area contributed by atoms with Crippen molar-refractivity contribution < 1.29 is 38.9 Å². The average Bonchev–Trinajstić information content (AvgIpc) is 1.44. The van der Waals surface area contributed by atoms with Gasteiger partial charge in [-0.25, -0.2) is 0 Å². The Balaban J connectivity index is 0. The second kappa shape index (κ2) is 4.03. The topological polar surface area (TPSA) is 201 Å². The Morgan fingerprint density at radius 2 is 0.786 bits per heavy atom. The fourth-order valence-electron chi connectivity index (χ4n) is 0.357. The van der Waals surface area contributed by atoms with Crippen LogP contribution < -0.4 is 6.15 Å². The summed E-state index contributed by atoms with van der Waals surface area (Å²) in [6, 6.07) is 0. The first-order valence-corrected chi connectivity index (χ1v) is 6.29. The zero-order valence-electron chi connectivity index (χ0n) is 6.17. The van der Waals surface area contributed by atoms with E-state index < -0.39 is 34.0 Å². The van der Waals surface area contributed by atoms with Crippen molar-refractivity contribution in [1.29, 1.82) is 0 Å². The average molecular weight is 274 g/mol. The molecule has 0 aromatic carbocycles. The quantitative estimate of drug-likeness (QED) is 0.411. The Bertz CT molecular complexity index is 400. The zero-order valence-corrected chi connectivity index (χ0v) is 8.62. The highest BCUT2D eigenvalue weighted by Gasteiger charge is 2.42. The van der Waals surface area contributed by atoms with Crippen LogP contribution >= 0.6 is 0 Å². The fourth-order valence-corrected chi connectivity index (χ4v) is 3.21. The number of nitrogens with zero attached hydrogens (tertiary/aromatic N) is 1. The fraction of sp³-hybridized carbons (Fsp3) is 0. The van der Waals surface area contributed by atoms with E-state index in [2.05, 4.69) is 0 Å². The molecule has 0 heterocycles. The van der Waals surface area contributed by atoms with Gasteiger partial charge in [-0.05, 0) is 0 Å². The van der Waals surface area contributed by atoms with Crippen LogP contribution in [-0.2, 0) is 30.9 Å². The molecule has 0 rings (SSSR count). The van der Waals surface area contributed by atoms with Crippen LogP contribution in [0.3, 0.4) is 0 Å². The lowest BCUT2D eigenvalue weighted by Gasteiger charge is -2.09. The second-order valence-corrected chi connectivity index (χ2v) is 6.04. The van der Waals surface area contributed by atoms with E-state index in [0.29, 0.717) is 0 Å². The predicted molar refractivity (Wildman–Crippen MR) is 41.5 cm³/mol. The molecule has 14 heteroatoms. The molecule has 88 valence electrons. The van der Waals surface area contributed by atoms with Crippen molar-refractivity contribution in [3.8, 4) is 0 Å². The summed E-state index contributed by atoms with van der Waals surface area (Å²) in [4.78, 5) is 0. The third-order valence-corrected chi connectivity index (χ3v) is 5.09. The number of hydrogen-bond acceptors (Lipinski definition) is 7. The summed E-state index contributed by atoms with van der Waals surface area (Å²) in [5, 5.41) is 0. The van der Waals surface area contributed by atoms with Crippen molar-refractivity contribution in [2.24, 2.45) is 0 Å². The molecule has 14 heavy (non-hydrogen) atoms. The standard InChI is InChI=1S/H3NO9S3.H3N/c2-11(3,4)1(12(5,6)7)13(8,9)10;/h(H,2,3,4)(H,5,6,7)(H,8,9,10);1H3. The number of rotatable bonds is 3. The minimum absolute atomic E-state index is 0. The van der Waals surface area contributed by atoms with E-state index >= 15 is 0 Å². The van der Waals surface area contributed by atoms with Crippen LogP contribution in [-0.4, -0.2) is 42.0 Å². The highest BCUT2D eigenvalue weighted by Crippen LogP contribution is 2.09. The Hall–Kier alpha value is -0.350. The van der Waals surface area contributed by atoms with Gasteiger partial charge in [-0.3, -0.25) is 13.7 Å². The molecule has 0 radical (unpaired) electrons. The van der Waals surface area contributed by atoms with Crippen molar-refractivity contribution in [1.82, 2.24) is 9.27 Å². The molecule has 0 spiro atoms. The molecular formula is H6N2O9S3. The van der Waals surface area contributed by atoms with Gasteiger partial charge in [0.15, 0.2) is 0 Å². The van der Waals surface area contributed by atoms with E-state index in [0.717, 1.165) is 0 Å². The summed E-state index contributed by atoms with van der Waals surface area (Å²) in [5.41, 5.74) is 0. The van der Waals surface area contributed by atoms with E-state index in [9.17, 15) is 25.3 Å². The van der Waals surface area contributed by atoms with Crippen LogP contribution in [0, 0.1) is 0 Å². The second-order valence-electron chi connectivity index (χ2n) is 1.57. The van der Waals surface area contributed by atoms with Crippen LogP contribution in [0.5, 0.6) is 0 Å². The Morgan fingerprint density at radius 3 is 0.786 bits per heavy atom. The smallest absolute Gasteiger partial charge is 0.344 e. The van der Waals surface area contributed by atoms with Gasteiger partial charge in [0.1, 0.15) is 0 Å². The van der Waals surface area contributed by atoms with Gasteiger partial charge in [0.25, 0.3) is 0 Å². The molecule has 0 amide bonds. The van der Waals surface area contributed by atoms with Crippen molar-refractivity contribution in [3.05, 3.63) is 0 Å². The van der Waals surface area contributed by atoms with Crippen molar-refractivity contribution in [2.75, 3.05) is 0 Å². The summed E-state index contributed by atoms with van der Waals surface area (Å²) in [5.74, 6) is 0. The maximum absolute atomic E-state index is 10.0. The Kier molecular flexibility index (Phi) is 4.63. The summed E-state index contributed by atoms with van der Waals surface area (Å²) >= 11 is 0. The third-order valence-electron chi connectivity index (χ3n) is 0.565. The van der Waals surface area contributed by atoms with Gasteiger partial charge in [-0.15, -0.1) is 0 Å². The molecule has 6 N–H and O–H groups in total. The number of hydrogen-bond donors (Lipinski definition) is 4. The maximum Gasteiger partial charge on any atom is 0.366 e. The van der Waals surface area contributed by atoms with E-state index in [1.807, 2.05) is 0 Å². The molecular weight excluding hydrogens is 268 g/mol. The molecule has 0 aliphatic rings. The molecule has 0 saturated carbocycles. The van der Waals surface area contributed by atoms with Gasteiger partial charge in [0.2, 0.25) is 0 Å². The predicted octanol–water partition coefficient (Wildman–Crippen LogP) is -2.14. The molecule has 0 aromatic rings. The minimum atomic E-state index is -5.82. The van der Waals surface area contributed by atoms with Gasteiger partial charge >= 0.3 is 30.9 Å². The molecule has 0 saturated heterocycles. The van der Waals surface area contributed by atoms with E-state index in [1.165, 1.54) is 0 Å². The highest BCUT2D eigenvalue weighted by atomic mass is 32.4. The monoisotopic (exact) mass is 274 g/mol. The van der Waals surface area contributed by atoms with Crippen molar-refractivity contribution in [2.45, 2.75) is 0 Å². The largest absolute Gasteiger partial charge is 0.366 e. The van der Waals surface area contributed by atoms with E-state index in [1.54, 1.807) is 0 Å². The lowest BCUT2D eigenvalue weighted by atomic mass is 13.8. The first kappa shape index (κ1) is 16.1. The van der Waals surface area contributed by atoms with Crippen LogP contribution in [0.15, 0.2) is 0 Å². The normalized spacial score (nSPS) is 13.7. The highest BCUT2D eigenvalue weighted by molar-refractivity contribution is 8.12. The first-order chi connectivity index (χ1) is 5.37. The summed E-state index contributed by atoms with van der Waals surface area (Å²) in [6.07, 6.45) is 0. The van der Waals surface area contributed by atoms with Crippen LogP contribution in [0.4, 0.5) is 0 Å².